The first-order chi connectivity index (χ1) is 12.0. The lowest BCUT2D eigenvalue weighted by Crippen LogP contribution is -2.33. The van der Waals surface area contributed by atoms with Crippen LogP contribution in [0.25, 0.3) is 0 Å². The van der Waals surface area contributed by atoms with Crippen LogP contribution in [0.1, 0.15) is 18.5 Å². The zero-order chi connectivity index (χ0) is 18.4. The third kappa shape index (κ3) is 4.15. The van der Waals surface area contributed by atoms with Gasteiger partial charge in [0, 0.05) is 19.2 Å². The molecule has 1 N–H and O–H groups in total. The van der Waals surface area contributed by atoms with Gasteiger partial charge in [-0.2, -0.15) is 0 Å². The van der Waals surface area contributed by atoms with Crippen LogP contribution in [0, 0.1) is 0 Å². The van der Waals surface area contributed by atoms with Crippen LogP contribution in [0.15, 0.2) is 42.5 Å². The van der Waals surface area contributed by atoms with Crippen LogP contribution >= 0.6 is 0 Å². The summed E-state index contributed by atoms with van der Waals surface area (Å²) in [4.78, 5) is 14.2. The number of methoxy groups -OCH3 is 3. The highest BCUT2D eigenvalue weighted by atomic mass is 16.5. The van der Waals surface area contributed by atoms with Crippen LogP contribution in [0.3, 0.4) is 0 Å². The van der Waals surface area contributed by atoms with Gasteiger partial charge in [-0.1, -0.05) is 30.3 Å². The molecule has 0 aromatic heterocycles. The minimum atomic E-state index is -0.231. The molecule has 2 aromatic carbocycles. The summed E-state index contributed by atoms with van der Waals surface area (Å²) in [7, 11) is 6.36. The molecule has 0 aliphatic heterocycles. The van der Waals surface area contributed by atoms with Crippen molar-refractivity contribution < 1.29 is 19.0 Å². The van der Waals surface area contributed by atoms with Crippen LogP contribution in [-0.4, -0.2) is 39.3 Å². The molecule has 25 heavy (non-hydrogen) atoms. The van der Waals surface area contributed by atoms with Crippen LogP contribution in [0.2, 0.25) is 0 Å². The number of urea groups is 1. The third-order valence-corrected chi connectivity index (χ3v) is 4.10. The molecule has 6 nitrogen and oxygen atoms in total. The monoisotopic (exact) mass is 344 g/mol. The summed E-state index contributed by atoms with van der Waals surface area (Å²) < 4.78 is 15.9. The molecule has 0 spiro atoms. The second-order valence-electron chi connectivity index (χ2n) is 5.54. The smallest absolute Gasteiger partial charge is 0.322 e. The second kappa shape index (κ2) is 8.28. The zero-order valence-corrected chi connectivity index (χ0v) is 15.2. The van der Waals surface area contributed by atoms with Crippen molar-refractivity contribution in [1.29, 1.82) is 0 Å². The van der Waals surface area contributed by atoms with Crippen LogP contribution < -0.4 is 19.5 Å². The Bertz CT molecular complexity index is 694. The van der Waals surface area contributed by atoms with E-state index >= 15 is 0 Å². The number of carbonyl (C=O) groups excluding carboxylic acids is 1. The minimum Gasteiger partial charge on any atom is -0.493 e. The Morgan fingerprint density at radius 1 is 1.00 bits per heavy atom. The highest BCUT2D eigenvalue weighted by Gasteiger charge is 2.19. The molecule has 134 valence electrons. The number of anilines is 1. The molecule has 2 rings (SSSR count). The van der Waals surface area contributed by atoms with Gasteiger partial charge in [0.15, 0.2) is 11.5 Å². The van der Waals surface area contributed by atoms with Crippen molar-refractivity contribution in [2.75, 3.05) is 33.7 Å². The maximum atomic E-state index is 12.6. The largest absolute Gasteiger partial charge is 0.493 e. The Labute approximate surface area is 148 Å². The molecule has 0 aliphatic carbocycles. The lowest BCUT2D eigenvalue weighted by molar-refractivity contribution is 0.208. The van der Waals surface area contributed by atoms with Gasteiger partial charge in [0.05, 0.1) is 33.1 Å². The summed E-state index contributed by atoms with van der Waals surface area (Å²) >= 11 is 0. The molecule has 0 bridgehead atoms. The van der Waals surface area contributed by atoms with E-state index in [2.05, 4.69) is 5.32 Å². The quantitative estimate of drug-likeness (QED) is 0.862. The standard InChI is InChI=1S/C19H24N2O4/c1-13(14-9-7-6-8-10-14)21(2)19(22)20-15-11-16(23-3)18(25-5)17(12-15)24-4/h6-13H,1-5H3,(H,20,22)/t13-/m1/s1. The number of hydrogen-bond acceptors (Lipinski definition) is 4. The maximum Gasteiger partial charge on any atom is 0.322 e. The van der Waals surface area contributed by atoms with Gasteiger partial charge in [0.1, 0.15) is 0 Å². The summed E-state index contributed by atoms with van der Waals surface area (Å²) in [6.45, 7) is 1.98. The molecular formula is C19H24N2O4. The average Bonchev–Trinajstić information content (AvgIpc) is 2.66. The predicted molar refractivity (Wildman–Crippen MR) is 97.7 cm³/mol. The van der Waals surface area contributed by atoms with Crippen molar-refractivity contribution in [2.24, 2.45) is 0 Å². The summed E-state index contributed by atoms with van der Waals surface area (Å²) in [5.74, 6) is 1.45. The molecule has 2 amide bonds. The predicted octanol–water partition coefficient (Wildman–Crippen LogP) is 3.94. The first kappa shape index (κ1) is 18.4. The normalized spacial score (nSPS) is 11.4. The SMILES string of the molecule is COc1cc(NC(=O)N(C)[C@H](C)c2ccccc2)cc(OC)c1OC. The van der Waals surface area contributed by atoms with Gasteiger partial charge in [-0.05, 0) is 12.5 Å². The van der Waals surface area contributed by atoms with Gasteiger partial charge < -0.3 is 24.4 Å². The van der Waals surface area contributed by atoms with Gasteiger partial charge in [-0.25, -0.2) is 4.79 Å². The van der Waals surface area contributed by atoms with E-state index in [-0.39, 0.29) is 12.1 Å². The van der Waals surface area contributed by atoms with Gasteiger partial charge in [0.25, 0.3) is 0 Å². The molecule has 1 atom stereocenters. The van der Waals surface area contributed by atoms with Crippen molar-refractivity contribution in [3.63, 3.8) is 0 Å². The van der Waals surface area contributed by atoms with Crippen molar-refractivity contribution in [3.8, 4) is 17.2 Å². The van der Waals surface area contributed by atoms with Crippen molar-refractivity contribution in [3.05, 3.63) is 48.0 Å². The fraction of sp³-hybridized carbons (Fsp3) is 0.316. The summed E-state index contributed by atoms with van der Waals surface area (Å²) in [5, 5.41) is 2.86. The third-order valence-electron chi connectivity index (χ3n) is 4.10. The number of rotatable bonds is 6. The van der Waals surface area contributed by atoms with E-state index in [4.69, 9.17) is 14.2 Å². The lowest BCUT2D eigenvalue weighted by Gasteiger charge is -2.26. The molecular weight excluding hydrogens is 320 g/mol. The molecule has 0 fully saturated rings. The topological polar surface area (TPSA) is 60.0 Å². The first-order valence-corrected chi connectivity index (χ1v) is 7.90. The van der Waals surface area contributed by atoms with E-state index in [0.29, 0.717) is 22.9 Å². The number of benzene rings is 2. The maximum absolute atomic E-state index is 12.6. The fourth-order valence-electron chi connectivity index (χ4n) is 2.50. The van der Waals surface area contributed by atoms with Crippen LogP contribution in [-0.2, 0) is 0 Å². The van der Waals surface area contributed by atoms with Gasteiger partial charge >= 0.3 is 6.03 Å². The van der Waals surface area contributed by atoms with E-state index in [9.17, 15) is 4.79 Å². The highest BCUT2D eigenvalue weighted by molar-refractivity contribution is 5.90. The fourth-order valence-corrected chi connectivity index (χ4v) is 2.50. The number of nitrogens with one attached hydrogen (secondary N) is 1. The Morgan fingerprint density at radius 3 is 2.04 bits per heavy atom. The first-order valence-electron chi connectivity index (χ1n) is 7.90. The van der Waals surface area contributed by atoms with Crippen LogP contribution in [0.5, 0.6) is 17.2 Å². The molecule has 0 aliphatic rings. The number of ether oxygens (including phenoxy) is 3. The Balaban J connectivity index is 2.19. The van der Waals surface area contributed by atoms with Gasteiger partial charge in [0.2, 0.25) is 5.75 Å². The Morgan fingerprint density at radius 2 is 1.56 bits per heavy atom. The van der Waals surface area contributed by atoms with E-state index in [1.807, 2.05) is 37.3 Å². The van der Waals surface area contributed by atoms with Crippen LogP contribution in [0.4, 0.5) is 10.5 Å². The summed E-state index contributed by atoms with van der Waals surface area (Å²) in [5.41, 5.74) is 1.62. The Hall–Kier alpha value is -2.89. The number of amides is 2. The highest BCUT2D eigenvalue weighted by Crippen LogP contribution is 2.40. The van der Waals surface area contributed by atoms with E-state index in [1.165, 1.54) is 21.3 Å². The molecule has 0 heterocycles. The summed E-state index contributed by atoms with van der Waals surface area (Å²) in [6.07, 6.45) is 0. The average molecular weight is 344 g/mol. The second-order valence-corrected chi connectivity index (χ2v) is 5.54. The number of hydrogen-bond donors (Lipinski definition) is 1. The number of nitrogens with zero attached hydrogens (tertiary/aromatic N) is 1. The molecule has 6 heteroatoms. The van der Waals surface area contributed by atoms with E-state index < -0.39 is 0 Å². The molecule has 2 aromatic rings. The minimum absolute atomic E-state index is 0.0664. The number of carbonyl (C=O) groups is 1. The molecule has 0 saturated carbocycles. The van der Waals surface area contributed by atoms with Gasteiger partial charge in [-0.15, -0.1) is 0 Å². The van der Waals surface area contributed by atoms with Crippen molar-refractivity contribution >= 4 is 11.7 Å². The molecule has 0 unspecified atom stereocenters. The molecule has 0 saturated heterocycles. The van der Waals surface area contributed by atoms with E-state index in [0.717, 1.165) is 5.56 Å². The molecule has 0 radical (unpaired) electrons. The van der Waals surface area contributed by atoms with Crippen molar-refractivity contribution in [1.82, 2.24) is 4.90 Å². The summed E-state index contributed by atoms with van der Waals surface area (Å²) in [6, 6.07) is 12.9. The zero-order valence-electron chi connectivity index (χ0n) is 15.2. The Kier molecular flexibility index (Phi) is 6.11. The van der Waals surface area contributed by atoms with E-state index in [1.54, 1.807) is 24.1 Å². The van der Waals surface area contributed by atoms with Gasteiger partial charge in [-0.3, -0.25) is 0 Å². The van der Waals surface area contributed by atoms with Crippen molar-refractivity contribution in [2.45, 2.75) is 13.0 Å². The lowest BCUT2D eigenvalue weighted by atomic mass is 10.1.